The lowest BCUT2D eigenvalue weighted by Crippen LogP contribution is -2.37. The highest BCUT2D eigenvalue weighted by molar-refractivity contribution is 6.29. The van der Waals surface area contributed by atoms with E-state index in [2.05, 4.69) is 4.98 Å². The molecule has 0 aliphatic heterocycles. The number of benzene rings is 2. The first kappa shape index (κ1) is 19.0. The smallest absolute Gasteiger partial charge is 0.332 e. The van der Waals surface area contributed by atoms with Crippen molar-refractivity contribution in [3.8, 4) is 5.75 Å². The van der Waals surface area contributed by atoms with E-state index in [1.54, 1.807) is 11.6 Å². The maximum absolute atomic E-state index is 12.7. The third-order valence-electron chi connectivity index (χ3n) is 4.79. The number of nitrogens with zero attached hydrogens (tertiary/aromatic N) is 4. The normalized spacial score (nSPS) is 11.1. The van der Waals surface area contributed by atoms with Crippen molar-refractivity contribution in [2.24, 2.45) is 14.1 Å². The van der Waals surface area contributed by atoms with Crippen LogP contribution in [0.25, 0.3) is 11.2 Å². The number of rotatable bonds is 5. The molecule has 0 saturated heterocycles. The highest BCUT2D eigenvalue weighted by Crippen LogP contribution is 2.20. The lowest BCUT2D eigenvalue weighted by Gasteiger charge is -2.10. The van der Waals surface area contributed by atoms with Crippen LogP contribution in [0.2, 0.25) is 5.28 Å². The van der Waals surface area contributed by atoms with E-state index in [1.807, 2.05) is 54.6 Å². The van der Waals surface area contributed by atoms with Gasteiger partial charge < -0.3 is 9.30 Å². The second kappa shape index (κ2) is 7.60. The number of aromatic nitrogens is 4. The Kier molecular flexibility index (Phi) is 4.98. The van der Waals surface area contributed by atoms with Crippen molar-refractivity contribution in [2.45, 2.75) is 13.2 Å². The number of hydrogen-bond donors (Lipinski definition) is 0. The lowest BCUT2D eigenvalue weighted by atomic mass is 10.2. The minimum absolute atomic E-state index is 0.147. The molecule has 0 bridgehead atoms. The van der Waals surface area contributed by atoms with Gasteiger partial charge in [0.05, 0.1) is 6.54 Å². The summed E-state index contributed by atoms with van der Waals surface area (Å²) in [4.78, 5) is 29.0. The fourth-order valence-corrected chi connectivity index (χ4v) is 3.45. The first-order valence-corrected chi connectivity index (χ1v) is 9.41. The Balaban J connectivity index is 1.66. The van der Waals surface area contributed by atoms with E-state index in [-0.39, 0.29) is 16.4 Å². The predicted octanol–water partition coefficient (Wildman–Crippen LogP) is 2.71. The summed E-state index contributed by atoms with van der Waals surface area (Å²) in [5.41, 5.74) is 1.65. The Morgan fingerprint density at radius 3 is 2.45 bits per heavy atom. The molecule has 29 heavy (non-hydrogen) atoms. The van der Waals surface area contributed by atoms with E-state index in [1.165, 1.54) is 11.6 Å². The monoisotopic (exact) mass is 410 g/mol. The fourth-order valence-electron chi connectivity index (χ4n) is 3.22. The van der Waals surface area contributed by atoms with Crippen LogP contribution in [-0.2, 0) is 27.2 Å². The molecule has 0 amide bonds. The van der Waals surface area contributed by atoms with Crippen molar-refractivity contribution in [2.75, 3.05) is 0 Å². The molecule has 0 atom stereocenters. The molecular formula is C21H19ClN4O3. The first-order chi connectivity index (χ1) is 14.0. The molecule has 8 heteroatoms. The van der Waals surface area contributed by atoms with Crippen LogP contribution in [0.1, 0.15) is 11.1 Å². The summed E-state index contributed by atoms with van der Waals surface area (Å²) < 4.78 is 9.85. The van der Waals surface area contributed by atoms with Crippen molar-refractivity contribution in [3.05, 3.63) is 91.8 Å². The van der Waals surface area contributed by atoms with Crippen LogP contribution >= 0.6 is 11.6 Å². The molecule has 0 aliphatic rings. The number of aryl methyl sites for hydroxylation is 1. The summed E-state index contributed by atoms with van der Waals surface area (Å²) in [7, 11) is 3.00. The number of imidazole rings is 1. The van der Waals surface area contributed by atoms with E-state index >= 15 is 0 Å². The largest absolute Gasteiger partial charge is 0.489 e. The number of hydrogen-bond acceptors (Lipinski definition) is 4. The zero-order valence-electron chi connectivity index (χ0n) is 16.0. The SMILES string of the molecule is Cn1c(=O)c2c(nc(Cl)n2Cc2cccc(OCc3ccccc3)c2)n(C)c1=O. The van der Waals surface area contributed by atoms with E-state index in [0.29, 0.717) is 18.9 Å². The van der Waals surface area contributed by atoms with Gasteiger partial charge in [0.25, 0.3) is 5.56 Å². The van der Waals surface area contributed by atoms with Gasteiger partial charge in [-0.3, -0.25) is 13.9 Å². The Labute approximate surface area is 171 Å². The quantitative estimate of drug-likeness (QED) is 0.474. The maximum Gasteiger partial charge on any atom is 0.332 e. The third kappa shape index (κ3) is 3.56. The molecular weight excluding hydrogens is 392 g/mol. The zero-order chi connectivity index (χ0) is 20.5. The van der Waals surface area contributed by atoms with Gasteiger partial charge in [-0.2, -0.15) is 4.98 Å². The zero-order valence-corrected chi connectivity index (χ0v) is 16.8. The van der Waals surface area contributed by atoms with Crippen LogP contribution in [0, 0.1) is 0 Å². The molecule has 0 fully saturated rings. The number of fused-ring (bicyclic) bond motifs is 1. The highest BCUT2D eigenvalue weighted by Gasteiger charge is 2.18. The number of halogens is 1. The molecule has 2 aromatic carbocycles. The topological polar surface area (TPSA) is 71.0 Å². The van der Waals surface area contributed by atoms with Gasteiger partial charge in [0.15, 0.2) is 11.2 Å². The molecule has 4 aromatic rings. The van der Waals surface area contributed by atoms with Crippen LogP contribution in [0.3, 0.4) is 0 Å². The summed E-state index contributed by atoms with van der Waals surface area (Å²) >= 11 is 6.30. The highest BCUT2D eigenvalue weighted by atomic mass is 35.5. The molecule has 0 unspecified atom stereocenters. The molecule has 0 spiro atoms. The van der Waals surface area contributed by atoms with E-state index in [4.69, 9.17) is 16.3 Å². The summed E-state index contributed by atoms with van der Waals surface area (Å²) in [5.74, 6) is 0.715. The van der Waals surface area contributed by atoms with Crippen molar-refractivity contribution in [3.63, 3.8) is 0 Å². The fraction of sp³-hybridized carbons (Fsp3) is 0.190. The Morgan fingerprint density at radius 2 is 1.69 bits per heavy atom. The van der Waals surface area contributed by atoms with Gasteiger partial charge in [-0.05, 0) is 34.9 Å². The molecule has 0 saturated carbocycles. The Morgan fingerprint density at radius 1 is 0.966 bits per heavy atom. The molecule has 0 aliphatic carbocycles. The van der Waals surface area contributed by atoms with Gasteiger partial charge in [-0.1, -0.05) is 42.5 Å². The van der Waals surface area contributed by atoms with Crippen LogP contribution in [0.4, 0.5) is 0 Å². The van der Waals surface area contributed by atoms with Crippen LogP contribution < -0.4 is 16.0 Å². The van der Waals surface area contributed by atoms with Crippen LogP contribution in [0.15, 0.2) is 64.2 Å². The Hall–Kier alpha value is -3.32. The molecule has 0 N–H and O–H groups in total. The van der Waals surface area contributed by atoms with Gasteiger partial charge in [0.2, 0.25) is 5.28 Å². The second-order valence-corrected chi connectivity index (χ2v) is 7.10. The predicted molar refractivity (Wildman–Crippen MR) is 112 cm³/mol. The average molecular weight is 411 g/mol. The van der Waals surface area contributed by atoms with Crippen LogP contribution in [0.5, 0.6) is 5.75 Å². The molecule has 7 nitrogen and oxygen atoms in total. The van der Waals surface area contributed by atoms with Gasteiger partial charge in [0, 0.05) is 14.1 Å². The summed E-state index contributed by atoms with van der Waals surface area (Å²) in [6, 6.07) is 17.5. The average Bonchev–Trinajstić information content (AvgIpc) is 3.06. The lowest BCUT2D eigenvalue weighted by molar-refractivity contribution is 0.306. The van der Waals surface area contributed by atoms with Crippen molar-refractivity contribution >= 4 is 22.8 Å². The van der Waals surface area contributed by atoms with Crippen LogP contribution in [-0.4, -0.2) is 18.7 Å². The second-order valence-electron chi connectivity index (χ2n) is 6.77. The van der Waals surface area contributed by atoms with Crippen molar-refractivity contribution in [1.29, 1.82) is 0 Å². The maximum atomic E-state index is 12.7. The summed E-state index contributed by atoms with van der Waals surface area (Å²) in [5, 5.41) is 0.147. The minimum Gasteiger partial charge on any atom is -0.489 e. The molecule has 0 radical (unpaired) electrons. The van der Waals surface area contributed by atoms with Crippen molar-refractivity contribution in [1.82, 2.24) is 18.7 Å². The molecule has 2 heterocycles. The first-order valence-electron chi connectivity index (χ1n) is 9.03. The van der Waals surface area contributed by atoms with E-state index in [9.17, 15) is 9.59 Å². The third-order valence-corrected chi connectivity index (χ3v) is 5.08. The summed E-state index contributed by atoms with van der Waals surface area (Å²) in [6.07, 6.45) is 0. The standard InChI is InChI=1S/C21H19ClN4O3/c1-24-18-17(19(27)25(2)21(24)28)26(20(22)23-18)12-15-9-6-10-16(11-15)29-13-14-7-4-3-5-8-14/h3-11H,12-13H2,1-2H3. The van der Waals surface area contributed by atoms with E-state index in [0.717, 1.165) is 15.7 Å². The molecule has 2 aromatic heterocycles. The number of ether oxygens (including phenoxy) is 1. The summed E-state index contributed by atoms with van der Waals surface area (Å²) in [6.45, 7) is 0.785. The van der Waals surface area contributed by atoms with Gasteiger partial charge in [-0.25, -0.2) is 4.79 Å². The Bertz CT molecular complexity index is 1310. The molecule has 148 valence electrons. The van der Waals surface area contributed by atoms with Gasteiger partial charge >= 0.3 is 5.69 Å². The van der Waals surface area contributed by atoms with Gasteiger partial charge in [0.1, 0.15) is 12.4 Å². The van der Waals surface area contributed by atoms with Gasteiger partial charge in [-0.15, -0.1) is 0 Å². The van der Waals surface area contributed by atoms with E-state index < -0.39 is 11.2 Å². The minimum atomic E-state index is -0.444. The van der Waals surface area contributed by atoms with Crippen molar-refractivity contribution < 1.29 is 4.74 Å². The molecule has 4 rings (SSSR count).